The first-order valence-corrected chi connectivity index (χ1v) is 7.82. The van der Waals surface area contributed by atoms with Crippen molar-refractivity contribution < 1.29 is 4.74 Å². The molecule has 8 heteroatoms. The number of hydrogen-bond donors (Lipinski definition) is 1. The van der Waals surface area contributed by atoms with Gasteiger partial charge in [-0.05, 0) is 12.1 Å². The molecule has 126 valence electrons. The standard InChI is InChI=1S/C17H17N7O/c1-25-6-5-23-9-15(21-11-23)12-3-2-4-13(7-12)24-17-14(8-22-24)16(18)19-10-20-17/h2-4,7-11H,5-6H2,1H3,(H2,18,19,20). The molecule has 2 N–H and O–H groups in total. The van der Waals surface area contributed by atoms with Crippen LogP contribution in [0, 0.1) is 0 Å². The highest BCUT2D eigenvalue weighted by Crippen LogP contribution is 2.23. The maximum atomic E-state index is 5.88. The molecule has 0 atom stereocenters. The molecule has 0 radical (unpaired) electrons. The predicted molar refractivity (Wildman–Crippen MR) is 94.2 cm³/mol. The summed E-state index contributed by atoms with van der Waals surface area (Å²) in [5, 5.41) is 5.13. The maximum absolute atomic E-state index is 5.88. The number of aromatic nitrogens is 6. The molecule has 0 fully saturated rings. The van der Waals surface area contributed by atoms with Gasteiger partial charge < -0.3 is 15.0 Å². The zero-order valence-corrected chi connectivity index (χ0v) is 13.7. The first-order chi connectivity index (χ1) is 12.3. The number of rotatable bonds is 5. The zero-order chi connectivity index (χ0) is 17.2. The first kappa shape index (κ1) is 15.3. The Hall–Kier alpha value is -3.26. The minimum atomic E-state index is 0.421. The minimum Gasteiger partial charge on any atom is -0.383 e. The number of imidazole rings is 1. The molecule has 0 saturated carbocycles. The summed E-state index contributed by atoms with van der Waals surface area (Å²) in [5.74, 6) is 0.421. The van der Waals surface area contributed by atoms with Gasteiger partial charge >= 0.3 is 0 Å². The van der Waals surface area contributed by atoms with Gasteiger partial charge in [0, 0.05) is 25.4 Å². The molecule has 0 amide bonds. The molecule has 0 bridgehead atoms. The average Bonchev–Trinajstić information content (AvgIpc) is 3.28. The van der Waals surface area contributed by atoms with E-state index >= 15 is 0 Å². The lowest BCUT2D eigenvalue weighted by Gasteiger charge is -2.05. The molecule has 0 aliphatic rings. The summed E-state index contributed by atoms with van der Waals surface area (Å²) < 4.78 is 8.85. The Bertz CT molecular complexity index is 1020. The molecule has 0 unspecified atom stereocenters. The van der Waals surface area contributed by atoms with Crippen LogP contribution < -0.4 is 5.73 Å². The van der Waals surface area contributed by atoms with Gasteiger partial charge in [0.15, 0.2) is 5.65 Å². The molecule has 1 aromatic carbocycles. The van der Waals surface area contributed by atoms with Gasteiger partial charge in [-0.3, -0.25) is 0 Å². The highest BCUT2D eigenvalue weighted by Gasteiger charge is 2.10. The van der Waals surface area contributed by atoms with Gasteiger partial charge in [-0.2, -0.15) is 5.10 Å². The van der Waals surface area contributed by atoms with Crippen molar-refractivity contribution in [3.05, 3.63) is 49.3 Å². The Kier molecular flexibility index (Phi) is 3.87. The van der Waals surface area contributed by atoms with E-state index < -0.39 is 0 Å². The fraction of sp³-hybridized carbons (Fsp3) is 0.176. The van der Waals surface area contributed by atoms with Crippen molar-refractivity contribution in [3.63, 3.8) is 0 Å². The molecule has 0 aliphatic heterocycles. The maximum Gasteiger partial charge on any atom is 0.168 e. The number of nitrogens with two attached hydrogens (primary N) is 1. The molecule has 0 aliphatic carbocycles. The highest BCUT2D eigenvalue weighted by molar-refractivity contribution is 5.85. The minimum absolute atomic E-state index is 0.421. The number of methoxy groups -OCH3 is 1. The molecule has 4 rings (SSSR count). The smallest absolute Gasteiger partial charge is 0.168 e. The third kappa shape index (κ3) is 2.83. The molecule has 3 heterocycles. The highest BCUT2D eigenvalue weighted by atomic mass is 16.5. The van der Waals surface area contributed by atoms with Crippen molar-refractivity contribution in [1.82, 2.24) is 29.3 Å². The predicted octanol–water partition coefficient (Wildman–Crippen LogP) is 1.91. The van der Waals surface area contributed by atoms with E-state index in [0.717, 1.165) is 28.9 Å². The Morgan fingerprint density at radius 3 is 3.00 bits per heavy atom. The number of anilines is 1. The molecule has 25 heavy (non-hydrogen) atoms. The third-order valence-electron chi connectivity index (χ3n) is 3.97. The van der Waals surface area contributed by atoms with Crippen LogP contribution in [0.15, 0.2) is 49.3 Å². The van der Waals surface area contributed by atoms with Crippen LogP contribution in [0.3, 0.4) is 0 Å². The van der Waals surface area contributed by atoms with Gasteiger partial charge in [0.05, 0.1) is 35.9 Å². The Balaban J connectivity index is 1.71. The second kappa shape index (κ2) is 6.33. The number of nitrogen functional groups attached to an aromatic ring is 1. The lowest BCUT2D eigenvalue weighted by atomic mass is 10.1. The number of benzene rings is 1. The molecular weight excluding hydrogens is 318 g/mol. The van der Waals surface area contributed by atoms with Crippen LogP contribution in [0.4, 0.5) is 5.82 Å². The molecule has 8 nitrogen and oxygen atoms in total. The van der Waals surface area contributed by atoms with Gasteiger partial charge in [-0.1, -0.05) is 12.1 Å². The van der Waals surface area contributed by atoms with Crippen molar-refractivity contribution in [3.8, 4) is 16.9 Å². The van der Waals surface area contributed by atoms with Crippen molar-refractivity contribution in [2.75, 3.05) is 19.5 Å². The van der Waals surface area contributed by atoms with Gasteiger partial charge in [0.25, 0.3) is 0 Å². The zero-order valence-electron chi connectivity index (χ0n) is 13.7. The summed E-state index contributed by atoms with van der Waals surface area (Å²) in [6.45, 7) is 1.42. The topological polar surface area (TPSA) is 96.7 Å². The van der Waals surface area contributed by atoms with Crippen molar-refractivity contribution >= 4 is 16.9 Å². The number of nitrogens with zero attached hydrogens (tertiary/aromatic N) is 6. The van der Waals surface area contributed by atoms with Crippen LogP contribution >= 0.6 is 0 Å². The third-order valence-corrected chi connectivity index (χ3v) is 3.97. The van der Waals surface area contributed by atoms with Crippen LogP contribution in [0.2, 0.25) is 0 Å². The Morgan fingerprint density at radius 2 is 2.12 bits per heavy atom. The van der Waals surface area contributed by atoms with E-state index in [1.54, 1.807) is 24.3 Å². The molecule has 0 spiro atoms. The molecule has 3 aromatic heterocycles. The van der Waals surface area contributed by atoms with E-state index in [9.17, 15) is 0 Å². The van der Waals surface area contributed by atoms with E-state index in [0.29, 0.717) is 18.1 Å². The van der Waals surface area contributed by atoms with E-state index in [1.807, 2.05) is 35.0 Å². The fourth-order valence-corrected chi connectivity index (χ4v) is 2.68. The van der Waals surface area contributed by atoms with Crippen LogP contribution in [-0.4, -0.2) is 43.0 Å². The van der Waals surface area contributed by atoms with Gasteiger partial charge in [-0.25, -0.2) is 19.6 Å². The number of hydrogen-bond acceptors (Lipinski definition) is 6. The SMILES string of the molecule is COCCn1cnc(-c2cccc(-n3ncc4c(N)ncnc43)c2)c1. The van der Waals surface area contributed by atoms with Crippen LogP contribution in [0.5, 0.6) is 0 Å². The second-order valence-electron chi connectivity index (χ2n) is 5.59. The lowest BCUT2D eigenvalue weighted by molar-refractivity contribution is 0.187. The molecule has 4 aromatic rings. The summed E-state index contributed by atoms with van der Waals surface area (Å²) in [7, 11) is 1.69. The fourth-order valence-electron chi connectivity index (χ4n) is 2.68. The Labute approximate surface area is 143 Å². The largest absolute Gasteiger partial charge is 0.383 e. The van der Waals surface area contributed by atoms with E-state index in [-0.39, 0.29) is 0 Å². The number of ether oxygens (including phenoxy) is 1. The molecular formula is C17H17N7O. The van der Waals surface area contributed by atoms with Gasteiger partial charge in [0.2, 0.25) is 0 Å². The lowest BCUT2D eigenvalue weighted by Crippen LogP contribution is -2.01. The summed E-state index contributed by atoms with van der Waals surface area (Å²) in [5.41, 5.74) is 9.34. The van der Waals surface area contributed by atoms with Gasteiger partial charge in [0.1, 0.15) is 12.1 Å². The first-order valence-electron chi connectivity index (χ1n) is 7.82. The summed E-state index contributed by atoms with van der Waals surface area (Å²) in [4.78, 5) is 12.8. The normalized spacial score (nSPS) is 11.2. The van der Waals surface area contributed by atoms with Crippen molar-refractivity contribution in [1.29, 1.82) is 0 Å². The molecule has 0 saturated heterocycles. The average molecular weight is 335 g/mol. The summed E-state index contributed by atoms with van der Waals surface area (Å²) in [6.07, 6.45) is 6.92. The van der Waals surface area contributed by atoms with Crippen LogP contribution in [0.1, 0.15) is 0 Å². The second-order valence-corrected chi connectivity index (χ2v) is 5.59. The van der Waals surface area contributed by atoms with Crippen molar-refractivity contribution in [2.24, 2.45) is 0 Å². The number of fused-ring (bicyclic) bond motifs is 1. The summed E-state index contributed by atoms with van der Waals surface area (Å²) >= 11 is 0. The quantitative estimate of drug-likeness (QED) is 0.598. The van der Waals surface area contributed by atoms with Gasteiger partial charge in [-0.15, -0.1) is 0 Å². The monoisotopic (exact) mass is 335 g/mol. The van der Waals surface area contributed by atoms with E-state index in [1.165, 1.54) is 6.33 Å². The van der Waals surface area contributed by atoms with E-state index in [2.05, 4.69) is 20.1 Å². The Morgan fingerprint density at radius 1 is 1.20 bits per heavy atom. The van der Waals surface area contributed by atoms with Crippen molar-refractivity contribution in [2.45, 2.75) is 6.54 Å². The van der Waals surface area contributed by atoms with Crippen LogP contribution in [-0.2, 0) is 11.3 Å². The summed E-state index contributed by atoms with van der Waals surface area (Å²) in [6, 6.07) is 7.97. The van der Waals surface area contributed by atoms with E-state index in [4.69, 9.17) is 10.5 Å². The van der Waals surface area contributed by atoms with Crippen LogP contribution in [0.25, 0.3) is 28.0 Å².